The fraction of sp³-hybridized carbons (Fsp3) is 0.938. The molecule has 2 saturated carbocycles. The standard InChI is InChI=1S/C16H29NO2/c1-6-10(2)13(17)14(18)19-12-9-11-7-8-16(12,5)15(11,3)4/h10-13H,6-9,17H2,1-5H3/t10-,11?,12?,13-,16?/m0/s1. The van der Waals surface area contributed by atoms with Crippen LogP contribution in [0.4, 0.5) is 0 Å². The van der Waals surface area contributed by atoms with Crippen molar-refractivity contribution in [3.05, 3.63) is 0 Å². The third kappa shape index (κ3) is 2.10. The zero-order chi connectivity index (χ0) is 14.4. The Balaban J connectivity index is 2.04. The molecule has 0 radical (unpaired) electrons. The Morgan fingerprint density at radius 1 is 1.42 bits per heavy atom. The van der Waals surface area contributed by atoms with Crippen LogP contribution in [0.25, 0.3) is 0 Å². The molecular formula is C16H29NO2. The minimum atomic E-state index is -0.476. The molecule has 19 heavy (non-hydrogen) atoms. The molecule has 2 N–H and O–H groups in total. The molecule has 0 spiro atoms. The van der Waals surface area contributed by atoms with Crippen LogP contribution >= 0.6 is 0 Å². The van der Waals surface area contributed by atoms with Crippen molar-refractivity contribution >= 4 is 5.97 Å². The third-order valence-corrected chi connectivity index (χ3v) is 6.50. The van der Waals surface area contributed by atoms with Crippen molar-refractivity contribution < 1.29 is 9.53 Å². The molecule has 2 rings (SSSR count). The normalized spacial score (nSPS) is 39.1. The molecule has 3 heteroatoms. The molecule has 2 bridgehead atoms. The van der Waals surface area contributed by atoms with Crippen LogP contribution in [0.1, 0.15) is 60.3 Å². The largest absolute Gasteiger partial charge is 0.461 e. The Kier molecular flexibility index (Phi) is 3.72. The summed E-state index contributed by atoms with van der Waals surface area (Å²) in [5, 5.41) is 0. The Labute approximate surface area is 117 Å². The van der Waals surface area contributed by atoms with Crippen LogP contribution in [0.3, 0.4) is 0 Å². The molecule has 3 nitrogen and oxygen atoms in total. The molecule has 110 valence electrons. The summed E-state index contributed by atoms with van der Waals surface area (Å²) < 4.78 is 5.80. The van der Waals surface area contributed by atoms with Crippen LogP contribution in [-0.2, 0) is 9.53 Å². The van der Waals surface area contributed by atoms with Crippen molar-refractivity contribution in [3.8, 4) is 0 Å². The average molecular weight is 267 g/mol. The number of ether oxygens (including phenoxy) is 1. The van der Waals surface area contributed by atoms with Gasteiger partial charge < -0.3 is 10.5 Å². The van der Waals surface area contributed by atoms with Crippen molar-refractivity contribution in [2.45, 2.75) is 72.4 Å². The number of carbonyl (C=O) groups excluding carboxylic acids is 1. The predicted molar refractivity (Wildman–Crippen MR) is 76.5 cm³/mol. The highest BCUT2D eigenvalue weighted by atomic mass is 16.5. The quantitative estimate of drug-likeness (QED) is 0.796. The molecule has 0 amide bonds. The first-order valence-electron chi connectivity index (χ1n) is 7.70. The van der Waals surface area contributed by atoms with Gasteiger partial charge in [0, 0.05) is 5.41 Å². The summed E-state index contributed by atoms with van der Waals surface area (Å²) in [5.74, 6) is 0.672. The molecule has 0 aliphatic heterocycles. The first-order valence-corrected chi connectivity index (χ1v) is 7.70. The molecule has 2 fully saturated rings. The highest BCUT2D eigenvalue weighted by Gasteiger charge is 2.63. The van der Waals surface area contributed by atoms with Gasteiger partial charge in [0.1, 0.15) is 12.1 Å². The molecule has 0 aromatic rings. The average Bonchev–Trinajstić information content (AvgIpc) is 2.69. The number of fused-ring (bicyclic) bond motifs is 2. The van der Waals surface area contributed by atoms with E-state index in [4.69, 9.17) is 10.5 Å². The monoisotopic (exact) mass is 267 g/mol. The van der Waals surface area contributed by atoms with E-state index in [1.165, 1.54) is 12.8 Å². The molecular weight excluding hydrogens is 238 g/mol. The van der Waals surface area contributed by atoms with Crippen LogP contribution < -0.4 is 5.73 Å². The number of hydrogen-bond donors (Lipinski definition) is 1. The highest BCUT2D eigenvalue weighted by Crippen LogP contribution is 2.66. The van der Waals surface area contributed by atoms with Gasteiger partial charge in [0.05, 0.1) is 0 Å². The molecule has 0 aromatic heterocycles. The van der Waals surface area contributed by atoms with Crippen LogP contribution in [-0.4, -0.2) is 18.1 Å². The van der Waals surface area contributed by atoms with Gasteiger partial charge in [-0.3, -0.25) is 4.79 Å². The summed E-state index contributed by atoms with van der Waals surface area (Å²) in [6.45, 7) is 11.0. The van der Waals surface area contributed by atoms with Gasteiger partial charge in [-0.15, -0.1) is 0 Å². The van der Waals surface area contributed by atoms with Crippen molar-refractivity contribution in [3.63, 3.8) is 0 Å². The summed E-state index contributed by atoms with van der Waals surface area (Å²) in [7, 11) is 0. The zero-order valence-corrected chi connectivity index (χ0v) is 13.0. The van der Waals surface area contributed by atoms with Crippen molar-refractivity contribution in [1.29, 1.82) is 0 Å². The number of nitrogens with two attached hydrogens (primary N) is 1. The van der Waals surface area contributed by atoms with Gasteiger partial charge in [-0.05, 0) is 36.5 Å². The summed E-state index contributed by atoms with van der Waals surface area (Å²) in [4.78, 5) is 12.2. The smallest absolute Gasteiger partial charge is 0.323 e. The van der Waals surface area contributed by atoms with Gasteiger partial charge in [-0.2, -0.15) is 0 Å². The minimum absolute atomic E-state index is 0.0591. The molecule has 2 aliphatic carbocycles. The Hall–Kier alpha value is -0.570. The van der Waals surface area contributed by atoms with E-state index in [-0.39, 0.29) is 28.8 Å². The van der Waals surface area contributed by atoms with Gasteiger partial charge in [0.25, 0.3) is 0 Å². The number of rotatable bonds is 4. The highest BCUT2D eigenvalue weighted by molar-refractivity contribution is 5.76. The van der Waals surface area contributed by atoms with E-state index >= 15 is 0 Å². The number of carbonyl (C=O) groups is 1. The van der Waals surface area contributed by atoms with E-state index in [9.17, 15) is 4.79 Å². The number of esters is 1. The van der Waals surface area contributed by atoms with Crippen LogP contribution in [0, 0.1) is 22.7 Å². The predicted octanol–water partition coefficient (Wildman–Crippen LogP) is 3.12. The molecule has 3 unspecified atom stereocenters. The maximum atomic E-state index is 12.2. The van der Waals surface area contributed by atoms with E-state index in [2.05, 4.69) is 27.7 Å². The maximum absolute atomic E-state index is 12.2. The summed E-state index contributed by atoms with van der Waals surface area (Å²) >= 11 is 0. The third-order valence-electron chi connectivity index (χ3n) is 6.50. The van der Waals surface area contributed by atoms with E-state index in [1.807, 2.05) is 6.92 Å². The lowest BCUT2D eigenvalue weighted by atomic mass is 9.70. The van der Waals surface area contributed by atoms with Gasteiger partial charge >= 0.3 is 5.97 Å². The Morgan fingerprint density at radius 3 is 2.47 bits per heavy atom. The second kappa shape index (κ2) is 4.76. The maximum Gasteiger partial charge on any atom is 0.323 e. The summed E-state index contributed by atoms with van der Waals surface area (Å²) in [5.41, 5.74) is 6.39. The Morgan fingerprint density at radius 2 is 2.05 bits per heavy atom. The number of hydrogen-bond acceptors (Lipinski definition) is 3. The van der Waals surface area contributed by atoms with Crippen LogP contribution in [0.15, 0.2) is 0 Å². The Bertz CT molecular complexity index is 366. The van der Waals surface area contributed by atoms with Gasteiger partial charge in [-0.1, -0.05) is 41.0 Å². The first kappa shape index (κ1) is 14.8. The fourth-order valence-corrected chi connectivity index (χ4v) is 4.01. The lowest BCUT2D eigenvalue weighted by Gasteiger charge is -2.38. The van der Waals surface area contributed by atoms with E-state index in [0.717, 1.165) is 12.8 Å². The van der Waals surface area contributed by atoms with Gasteiger partial charge in [-0.25, -0.2) is 0 Å². The molecule has 0 heterocycles. The first-order chi connectivity index (χ1) is 8.74. The van der Waals surface area contributed by atoms with E-state index in [0.29, 0.717) is 5.92 Å². The summed E-state index contributed by atoms with van der Waals surface area (Å²) in [6, 6.07) is -0.476. The van der Waals surface area contributed by atoms with Crippen LogP contribution in [0.5, 0.6) is 0 Å². The minimum Gasteiger partial charge on any atom is -0.461 e. The lowest BCUT2D eigenvalue weighted by molar-refractivity contribution is -0.159. The summed E-state index contributed by atoms with van der Waals surface area (Å²) in [6.07, 6.45) is 4.43. The topological polar surface area (TPSA) is 52.3 Å². The second-order valence-corrected chi connectivity index (χ2v) is 7.45. The van der Waals surface area contributed by atoms with Gasteiger partial charge in [0.2, 0.25) is 0 Å². The molecule has 5 atom stereocenters. The SMILES string of the molecule is CC[C@H](C)[C@H](N)C(=O)OC1CC2CCC1(C)C2(C)C. The van der Waals surface area contributed by atoms with Crippen molar-refractivity contribution in [2.75, 3.05) is 0 Å². The lowest BCUT2D eigenvalue weighted by Crippen LogP contribution is -2.44. The van der Waals surface area contributed by atoms with E-state index in [1.54, 1.807) is 0 Å². The fourth-order valence-electron chi connectivity index (χ4n) is 4.01. The molecule has 2 aliphatic rings. The molecule has 0 saturated heterocycles. The van der Waals surface area contributed by atoms with Crippen molar-refractivity contribution in [2.24, 2.45) is 28.4 Å². The zero-order valence-electron chi connectivity index (χ0n) is 13.0. The van der Waals surface area contributed by atoms with E-state index < -0.39 is 6.04 Å². The second-order valence-electron chi connectivity index (χ2n) is 7.45. The molecule has 0 aromatic carbocycles. The van der Waals surface area contributed by atoms with Crippen molar-refractivity contribution in [1.82, 2.24) is 0 Å². The van der Waals surface area contributed by atoms with Gasteiger partial charge in [0.15, 0.2) is 0 Å². The van der Waals surface area contributed by atoms with Crippen LogP contribution in [0.2, 0.25) is 0 Å².